The van der Waals surface area contributed by atoms with E-state index in [4.69, 9.17) is 4.74 Å². The van der Waals surface area contributed by atoms with Crippen molar-refractivity contribution in [1.82, 2.24) is 13.9 Å². The van der Waals surface area contributed by atoms with Crippen LogP contribution in [0.15, 0.2) is 0 Å². The highest BCUT2D eigenvalue weighted by Crippen LogP contribution is 2.38. The van der Waals surface area contributed by atoms with Crippen molar-refractivity contribution >= 4 is 16.3 Å². The zero-order valence-electron chi connectivity index (χ0n) is 16.1. The molecule has 8 nitrogen and oxygen atoms in total. The van der Waals surface area contributed by atoms with Crippen LogP contribution in [0.2, 0.25) is 0 Å². The van der Waals surface area contributed by atoms with Gasteiger partial charge in [0, 0.05) is 26.2 Å². The van der Waals surface area contributed by atoms with Crippen LogP contribution in [0.3, 0.4) is 0 Å². The molecule has 0 radical (unpaired) electrons. The molecule has 0 unspecified atom stereocenters. The van der Waals surface area contributed by atoms with Crippen molar-refractivity contribution in [3.8, 4) is 0 Å². The molecule has 3 atom stereocenters. The number of ether oxygens (including phenoxy) is 1. The summed E-state index contributed by atoms with van der Waals surface area (Å²) in [6.45, 7) is 1.61. The normalized spacial score (nSPS) is 32.1. The second kappa shape index (κ2) is 8.72. The molecule has 0 bridgehead atoms. The molecular formula is C16H28F3N3O5S. The molecule has 1 heterocycles. The quantitative estimate of drug-likeness (QED) is 0.671. The summed E-state index contributed by atoms with van der Waals surface area (Å²) in [5.74, 6) is -1.32. The summed E-state index contributed by atoms with van der Waals surface area (Å²) < 4.78 is 71.9. The molecule has 1 saturated carbocycles. The molecule has 1 aliphatic heterocycles. The summed E-state index contributed by atoms with van der Waals surface area (Å²) in [6.07, 6.45) is -5.05. The van der Waals surface area contributed by atoms with E-state index in [0.29, 0.717) is 0 Å². The Hall–Kier alpha value is -1.11. The Bertz CT molecular complexity index is 650. The second-order valence-corrected chi connectivity index (χ2v) is 9.62. The number of nitrogens with one attached hydrogen (secondary N) is 1. The fourth-order valence-electron chi connectivity index (χ4n) is 3.90. The Balaban J connectivity index is 2.01. The first-order valence-electron chi connectivity index (χ1n) is 9.22. The van der Waals surface area contributed by atoms with E-state index in [-0.39, 0.29) is 38.7 Å². The SMILES string of the molecule is C[C@@H]1C[C@H](NS(=O)(=O)N(C)C)[C@H](COC2CCC(C(F)(F)F)CC2)N1C(=O)O. The highest BCUT2D eigenvalue weighted by atomic mass is 32.2. The summed E-state index contributed by atoms with van der Waals surface area (Å²) in [6, 6.07) is -1.84. The number of rotatable bonds is 6. The van der Waals surface area contributed by atoms with Gasteiger partial charge in [-0.05, 0) is 39.0 Å². The highest BCUT2D eigenvalue weighted by molar-refractivity contribution is 7.87. The van der Waals surface area contributed by atoms with Crippen molar-refractivity contribution in [1.29, 1.82) is 0 Å². The largest absolute Gasteiger partial charge is 0.465 e. The molecule has 2 N–H and O–H groups in total. The van der Waals surface area contributed by atoms with E-state index in [1.807, 2.05) is 0 Å². The molecule has 2 aliphatic rings. The first-order valence-corrected chi connectivity index (χ1v) is 10.7. The summed E-state index contributed by atoms with van der Waals surface area (Å²) in [7, 11) is -1.05. The van der Waals surface area contributed by atoms with Crippen LogP contribution in [0.5, 0.6) is 0 Å². The lowest BCUT2D eigenvalue weighted by atomic mass is 9.87. The van der Waals surface area contributed by atoms with Crippen LogP contribution in [-0.4, -0.2) is 79.9 Å². The molecular weight excluding hydrogens is 403 g/mol. The molecule has 1 aliphatic carbocycles. The van der Waals surface area contributed by atoms with E-state index in [0.717, 1.165) is 9.21 Å². The fraction of sp³-hybridized carbons (Fsp3) is 0.938. The number of likely N-dealkylation sites (tertiary alicyclic amines) is 1. The summed E-state index contributed by atoms with van der Waals surface area (Å²) in [5.41, 5.74) is 0. The van der Waals surface area contributed by atoms with Gasteiger partial charge < -0.3 is 9.84 Å². The van der Waals surface area contributed by atoms with Gasteiger partial charge in [0.1, 0.15) is 0 Å². The van der Waals surface area contributed by atoms with Gasteiger partial charge in [0.25, 0.3) is 10.2 Å². The lowest BCUT2D eigenvalue weighted by Crippen LogP contribution is -2.52. The van der Waals surface area contributed by atoms with Gasteiger partial charge in [-0.1, -0.05) is 0 Å². The molecule has 0 aromatic rings. The summed E-state index contributed by atoms with van der Waals surface area (Å²) in [5, 5.41) is 9.50. The molecule has 164 valence electrons. The van der Waals surface area contributed by atoms with E-state index < -0.39 is 52.6 Å². The molecule has 0 aromatic heterocycles. The Labute approximate surface area is 163 Å². The van der Waals surface area contributed by atoms with E-state index in [1.54, 1.807) is 6.92 Å². The summed E-state index contributed by atoms with van der Waals surface area (Å²) in [4.78, 5) is 12.8. The zero-order valence-corrected chi connectivity index (χ0v) is 17.0. The molecule has 2 rings (SSSR count). The minimum absolute atomic E-state index is 0.0193. The van der Waals surface area contributed by atoms with E-state index in [1.165, 1.54) is 14.1 Å². The molecule has 2 fully saturated rings. The van der Waals surface area contributed by atoms with Crippen molar-refractivity contribution in [3.05, 3.63) is 0 Å². The number of hydrogen-bond donors (Lipinski definition) is 2. The second-order valence-electron chi connectivity index (χ2n) is 7.70. The lowest BCUT2D eigenvalue weighted by Gasteiger charge is -2.33. The summed E-state index contributed by atoms with van der Waals surface area (Å²) >= 11 is 0. The van der Waals surface area contributed by atoms with Gasteiger partial charge in [-0.15, -0.1) is 0 Å². The standard InChI is InChI=1S/C16H28F3N3O5S/c1-10-8-13(20-28(25,26)21(2)3)14(22(10)15(23)24)9-27-12-6-4-11(5-7-12)16(17,18)19/h10-14,20H,4-9H2,1-3H3,(H,23,24)/t10-,11?,12?,13+,14+/m1/s1. The van der Waals surface area contributed by atoms with Crippen LogP contribution < -0.4 is 4.72 Å². The average Bonchev–Trinajstić information content (AvgIpc) is 2.87. The number of carbonyl (C=O) groups is 1. The van der Waals surface area contributed by atoms with E-state index in [9.17, 15) is 31.5 Å². The third kappa shape index (κ3) is 5.49. The maximum Gasteiger partial charge on any atom is 0.407 e. The van der Waals surface area contributed by atoms with Crippen LogP contribution >= 0.6 is 0 Å². The van der Waals surface area contributed by atoms with Gasteiger partial charge in [0.15, 0.2) is 0 Å². The van der Waals surface area contributed by atoms with E-state index in [2.05, 4.69) is 4.72 Å². The Kier molecular flexibility index (Phi) is 7.22. The highest BCUT2D eigenvalue weighted by Gasteiger charge is 2.45. The first-order chi connectivity index (χ1) is 12.8. The molecule has 1 amide bonds. The van der Waals surface area contributed by atoms with Crippen LogP contribution in [0.4, 0.5) is 18.0 Å². The Morgan fingerprint density at radius 1 is 1.25 bits per heavy atom. The number of halogens is 3. The molecule has 0 aromatic carbocycles. The number of alkyl halides is 3. The third-order valence-corrected chi connectivity index (χ3v) is 7.10. The molecule has 1 saturated heterocycles. The molecule has 12 heteroatoms. The Morgan fingerprint density at radius 2 is 1.82 bits per heavy atom. The first kappa shape index (κ1) is 23.2. The van der Waals surface area contributed by atoms with Crippen LogP contribution in [-0.2, 0) is 14.9 Å². The van der Waals surface area contributed by atoms with Crippen molar-refractivity contribution < 1.29 is 36.2 Å². The van der Waals surface area contributed by atoms with Gasteiger partial charge in [0.05, 0.1) is 24.7 Å². The fourth-order valence-corrected chi connectivity index (χ4v) is 4.75. The van der Waals surface area contributed by atoms with Gasteiger partial charge >= 0.3 is 12.3 Å². The lowest BCUT2D eigenvalue weighted by molar-refractivity contribution is -0.188. The van der Waals surface area contributed by atoms with Gasteiger partial charge in [-0.3, -0.25) is 4.90 Å². The predicted octanol–water partition coefficient (Wildman–Crippen LogP) is 2.03. The van der Waals surface area contributed by atoms with Crippen molar-refractivity contribution in [2.45, 2.75) is 69.4 Å². The number of amides is 1. The van der Waals surface area contributed by atoms with E-state index >= 15 is 0 Å². The van der Waals surface area contributed by atoms with Gasteiger partial charge in [0.2, 0.25) is 0 Å². The van der Waals surface area contributed by atoms with Gasteiger partial charge in [-0.25, -0.2) is 4.79 Å². The Morgan fingerprint density at radius 3 is 2.29 bits per heavy atom. The predicted molar refractivity (Wildman–Crippen MR) is 95.0 cm³/mol. The minimum Gasteiger partial charge on any atom is -0.465 e. The maximum absolute atomic E-state index is 12.8. The monoisotopic (exact) mass is 431 g/mol. The average molecular weight is 431 g/mol. The zero-order chi connectivity index (χ0) is 21.3. The number of nitrogens with zero attached hydrogens (tertiary/aromatic N) is 2. The number of carboxylic acid groups (broad SMARTS) is 1. The maximum atomic E-state index is 12.8. The van der Waals surface area contributed by atoms with Crippen LogP contribution in [0.25, 0.3) is 0 Å². The third-order valence-electron chi connectivity index (χ3n) is 5.53. The van der Waals surface area contributed by atoms with Crippen LogP contribution in [0.1, 0.15) is 39.0 Å². The van der Waals surface area contributed by atoms with Crippen LogP contribution in [0, 0.1) is 5.92 Å². The minimum atomic E-state index is -4.21. The topological polar surface area (TPSA) is 99.2 Å². The molecule has 28 heavy (non-hydrogen) atoms. The number of hydrogen-bond acceptors (Lipinski definition) is 4. The molecule has 0 spiro atoms. The smallest absolute Gasteiger partial charge is 0.407 e. The van der Waals surface area contributed by atoms with Crippen molar-refractivity contribution in [2.75, 3.05) is 20.7 Å². The van der Waals surface area contributed by atoms with Crippen molar-refractivity contribution in [3.63, 3.8) is 0 Å². The van der Waals surface area contributed by atoms with Crippen molar-refractivity contribution in [2.24, 2.45) is 5.92 Å². The van der Waals surface area contributed by atoms with Gasteiger partial charge in [-0.2, -0.15) is 30.6 Å².